The van der Waals surface area contributed by atoms with E-state index in [0.29, 0.717) is 45.0 Å². The second-order valence-electron chi connectivity index (χ2n) is 13.0. The minimum absolute atomic E-state index is 0.169. The number of rotatable bonds is 15. The highest BCUT2D eigenvalue weighted by Crippen LogP contribution is 2.70. The summed E-state index contributed by atoms with van der Waals surface area (Å²) in [6.45, 7) is 14.1. The van der Waals surface area contributed by atoms with Gasteiger partial charge in [-0.3, -0.25) is 14.4 Å². The maximum absolute atomic E-state index is 14.1. The third-order valence-corrected chi connectivity index (χ3v) is 11.4. The van der Waals surface area contributed by atoms with E-state index in [0.717, 1.165) is 77.0 Å². The molecule has 2 heterocycles. The molecule has 0 amide bonds. The molecule has 0 radical (unpaired) electrons. The summed E-state index contributed by atoms with van der Waals surface area (Å²) in [4.78, 5) is 41.9. The lowest BCUT2D eigenvalue weighted by Gasteiger charge is -2.56. The molecular formula is C33H56O6. The Morgan fingerprint density at radius 3 is 2.05 bits per heavy atom. The summed E-state index contributed by atoms with van der Waals surface area (Å²) in [6, 6.07) is 0. The second-order valence-corrected chi connectivity index (χ2v) is 13.0. The Labute approximate surface area is 237 Å². The van der Waals surface area contributed by atoms with Crippen LogP contribution in [0, 0.1) is 33.5 Å². The van der Waals surface area contributed by atoms with E-state index in [1.54, 1.807) is 0 Å². The molecule has 3 fully saturated rings. The Hall–Kier alpha value is -1.59. The van der Waals surface area contributed by atoms with Crippen molar-refractivity contribution in [1.29, 1.82) is 0 Å². The van der Waals surface area contributed by atoms with Gasteiger partial charge in [-0.2, -0.15) is 0 Å². The molecule has 2 spiro atoms. The van der Waals surface area contributed by atoms with Crippen molar-refractivity contribution in [1.82, 2.24) is 0 Å². The first kappa shape index (κ1) is 31.9. The minimum Gasteiger partial charge on any atom is -0.465 e. The molecule has 3 aliphatic rings. The van der Waals surface area contributed by atoms with Crippen molar-refractivity contribution in [2.45, 2.75) is 138 Å². The molecule has 2 saturated heterocycles. The van der Waals surface area contributed by atoms with Gasteiger partial charge >= 0.3 is 17.9 Å². The van der Waals surface area contributed by atoms with E-state index >= 15 is 0 Å². The molecule has 39 heavy (non-hydrogen) atoms. The van der Waals surface area contributed by atoms with Crippen molar-refractivity contribution in [3.8, 4) is 0 Å². The normalized spacial score (nSPS) is 34.9. The molecule has 224 valence electrons. The van der Waals surface area contributed by atoms with Crippen LogP contribution in [0.4, 0.5) is 0 Å². The third kappa shape index (κ3) is 5.39. The first-order valence-electron chi connectivity index (χ1n) is 16.2. The summed E-state index contributed by atoms with van der Waals surface area (Å²) < 4.78 is 17.9. The van der Waals surface area contributed by atoms with Crippen LogP contribution in [0.25, 0.3) is 0 Å². The zero-order chi connectivity index (χ0) is 28.7. The molecule has 3 rings (SSSR count). The Kier molecular flexibility index (Phi) is 11.0. The van der Waals surface area contributed by atoms with Gasteiger partial charge in [0.25, 0.3) is 0 Å². The van der Waals surface area contributed by atoms with Gasteiger partial charge in [0.15, 0.2) is 0 Å². The molecule has 1 aliphatic carbocycles. The molecule has 0 aromatic heterocycles. The number of esters is 3. The maximum atomic E-state index is 14.1. The molecule has 6 nitrogen and oxygen atoms in total. The molecule has 6 heteroatoms. The highest BCUT2D eigenvalue weighted by Gasteiger charge is 2.75. The SMILES string of the molecule is CCCCC(CC)COC(=O)C1CCC2(CC13C(=O)OCC3(CC)CCCC)C(=O)OCC2(CC)CCCC. The van der Waals surface area contributed by atoms with Crippen LogP contribution < -0.4 is 0 Å². The number of carbonyl (C=O) groups excluding carboxylic acids is 3. The topological polar surface area (TPSA) is 78.9 Å². The molecule has 2 aliphatic heterocycles. The number of unbranched alkanes of at least 4 members (excludes halogenated alkanes) is 3. The van der Waals surface area contributed by atoms with Gasteiger partial charge in [0.05, 0.1) is 36.6 Å². The second kappa shape index (κ2) is 13.4. The van der Waals surface area contributed by atoms with Gasteiger partial charge in [-0.1, -0.05) is 86.5 Å². The summed E-state index contributed by atoms with van der Waals surface area (Å²) in [5.41, 5.74) is -2.64. The first-order chi connectivity index (χ1) is 18.7. The largest absolute Gasteiger partial charge is 0.465 e. The van der Waals surface area contributed by atoms with Crippen LogP contribution in [0.1, 0.15) is 138 Å². The van der Waals surface area contributed by atoms with E-state index in [1.165, 1.54) is 0 Å². The van der Waals surface area contributed by atoms with Crippen molar-refractivity contribution in [3.63, 3.8) is 0 Å². The van der Waals surface area contributed by atoms with Crippen LogP contribution in [0.5, 0.6) is 0 Å². The standard InChI is InChI=1S/C33H56O6/c1-7-13-16-25(10-4)21-37-27(34)26-17-20-32(28(35)38-23-30(32,11-5)18-14-8-2)22-33(26)29(36)39-24-31(33,12-6)19-15-9-3/h25-26H,7-24H2,1-6H3. The fourth-order valence-electron chi connectivity index (χ4n) is 8.46. The van der Waals surface area contributed by atoms with Gasteiger partial charge in [0.1, 0.15) is 0 Å². The highest BCUT2D eigenvalue weighted by atomic mass is 16.6. The summed E-state index contributed by atoms with van der Waals surface area (Å²) >= 11 is 0. The summed E-state index contributed by atoms with van der Waals surface area (Å²) in [7, 11) is 0. The third-order valence-electron chi connectivity index (χ3n) is 11.4. The van der Waals surface area contributed by atoms with Crippen molar-refractivity contribution in [2.24, 2.45) is 33.5 Å². The lowest BCUT2D eigenvalue weighted by atomic mass is 9.42. The van der Waals surface area contributed by atoms with Crippen LogP contribution in [0.2, 0.25) is 0 Å². The molecule has 1 saturated carbocycles. The Bertz CT molecular complexity index is 855. The van der Waals surface area contributed by atoms with Gasteiger partial charge in [-0.25, -0.2) is 0 Å². The lowest BCUT2D eigenvalue weighted by Crippen LogP contribution is -2.60. The molecule has 0 aromatic rings. The Balaban J connectivity index is 2.07. The Morgan fingerprint density at radius 1 is 0.872 bits per heavy atom. The van der Waals surface area contributed by atoms with Gasteiger partial charge in [0, 0.05) is 10.8 Å². The van der Waals surface area contributed by atoms with Gasteiger partial charge < -0.3 is 14.2 Å². The van der Waals surface area contributed by atoms with E-state index < -0.39 is 22.2 Å². The average molecular weight is 549 g/mol. The fourth-order valence-corrected chi connectivity index (χ4v) is 8.46. The van der Waals surface area contributed by atoms with Crippen LogP contribution >= 0.6 is 0 Å². The smallest absolute Gasteiger partial charge is 0.313 e. The average Bonchev–Trinajstić information content (AvgIpc) is 3.37. The highest BCUT2D eigenvalue weighted by molar-refractivity contribution is 5.90. The molecule has 0 N–H and O–H groups in total. The molecule has 0 bridgehead atoms. The Morgan fingerprint density at radius 2 is 1.46 bits per heavy atom. The van der Waals surface area contributed by atoms with Crippen LogP contribution in [0.3, 0.4) is 0 Å². The number of hydrogen-bond acceptors (Lipinski definition) is 6. The van der Waals surface area contributed by atoms with E-state index in [4.69, 9.17) is 14.2 Å². The summed E-state index contributed by atoms with van der Waals surface area (Å²) in [5.74, 6) is -0.988. The lowest BCUT2D eigenvalue weighted by molar-refractivity contribution is -0.185. The van der Waals surface area contributed by atoms with Gasteiger partial charge in [-0.05, 0) is 57.3 Å². The molecule has 6 atom stereocenters. The fraction of sp³-hybridized carbons (Fsp3) is 0.909. The van der Waals surface area contributed by atoms with E-state index in [-0.39, 0.29) is 23.3 Å². The predicted molar refractivity (Wildman–Crippen MR) is 153 cm³/mol. The van der Waals surface area contributed by atoms with E-state index in [2.05, 4.69) is 41.5 Å². The monoisotopic (exact) mass is 548 g/mol. The molecule has 6 unspecified atom stereocenters. The summed E-state index contributed by atoms with van der Waals surface area (Å²) in [6.07, 6.45) is 12.9. The summed E-state index contributed by atoms with van der Waals surface area (Å²) in [5, 5.41) is 0. The zero-order valence-corrected chi connectivity index (χ0v) is 25.8. The quantitative estimate of drug-likeness (QED) is 0.153. The van der Waals surface area contributed by atoms with E-state index in [9.17, 15) is 14.4 Å². The van der Waals surface area contributed by atoms with Crippen molar-refractivity contribution >= 4 is 17.9 Å². The maximum Gasteiger partial charge on any atom is 0.313 e. The number of cyclic esters (lactones) is 2. The molecular weight excluding hydrogens is 492 g/mol. The number of carbonyl (C=O) groups is 3. The van der Waals surface area contributed by atoms with E-state index in [1.807, 2.05) is 0 Å². The van der Waals surface area contributed by atoms with Crippen LogP contribution in [0.15, 0.2) is 0 Å². The van der Waals surface area contributed by atoms with Crippen molar-refractivity contribution in [3.05, 3.63) is 0 Å². The van der Waals surface area contributed by atoms with Gasteiger partial charge in [-0.15, -0.1) is 0 Å². The zero-order valence-electron chi connectivity index (χ0n) is 25.8. The number of hydrogen-bond donors (Lipinski definition) is 0. The minimum atomic E-state index is -1.06. The van der Waals surface area contributed by atoms with Crippen LogP contribution in [-0.2, 0) is 28.6 Å². The van der Waals surface area contributed by atoms with Gasteiger partial charge in [0.2, 0.25) is 0 Å². The molecule has 0 aromatic carbocycles. The van der Waals surface area contributed by atoms with Crippen molar-refractivity contribution in [2.75, 3.05) is 19.8 Å². The predicted octanol–water partition coefficient (Wildman–Crippen LogP) is 7.81. The van der Waals surface area contributed by atoms with Crippen molar-refractivity contribution < 1.29 is 28.6 Å². The van der Waals surface area contributed by atoms with Crippen LogP contribution in [-0.4, -0.2) is 37.7 Å². The number of ether oxygens (including phenoxy) is 3. The first-order valence-corrected chi connectivity index (χ1v) is 16.2.